The molecule has 1 unspecified atom stereocenters. The topological polar surface area (TPSA) is 89.3 Å². The summed E-state index contributed by atoms with van der Waals surface area (Å²) in [6, 6.07) is 0. The second-order valence-corrected chi connectivity index (χ2v) is 5.67. The SMILES string of the molecule is COCCOCc1nc(N2CCCC(C)(CN)C2)n[nH]1. The summed E-state index contributed by atoms with van der Waals surface area (Å²) in [5, 5.41) is 7.20. The normalized spacial score (nSPS) is 23.2. The van der Waals surface area contributed by atoms with Gasteiger partial charge in [0.2, 0.25) is 5.95 Å². The molecule has 0 amide bonds. The average molecular weight is 283 g/mol. The number of nitrogens with two attached hydrogens (primary N) is 1. The van der Waals surface area contributed by atoms with Crippen molar-refractivity contribution in [2.45, 2.75) is 26.4 Å². The molecule has 1 saturated heterocycles. The number of hydrogen-bond acceptors (Lipinski definition) is 6. The van der Waals surface area contributed by atoms with Gasteiger partial charge in [0.05, 0.1) is 13.2 Å². The fourth-order valence-corrected chi connectivity index (χ4v) is 2.46. The van der Waals surface area contributed by atoms with Crippen LogP contribution in [0.5, 0.6) is 0 Å². The molecule has 7 nitrogen and oxygen atoms in total. The number of methoxy groups -OCH3 is 1. The van der Waals surface area contributed by atoms with Gasteiger partial charge in [-0.15, -0.1) is 5.10 Å². The van der Waals surface area contributed by atoms with Crippen LogP contribution in [0.15, 0.2) is 0 Å². The van der Waals surface area contributed by atoms with Crippen LogP contribution in [0.4, 0.5) is 5.95 Å². The van der Waals surface area contributed by atoms with Gasteiger partial charge in [-0.1, -0.05) is 6.92 Å². The van der Waals surface area contributed by atoms with Crippen LogP contribution in [0.1, 0.15) is 25.6 Å². The molecular formula is C13H25N5O2. The molecule has 2 heterocycles. The summed E-state index contributed by atoms with van der Waals surface area (Å²) in [6.45, 7) is 6.38. The second kappa shape index (κ2) is 7.01. The van der Waals surface area contributed by atoms with Crippen LogP contribution in [-0.2, 0) is 16.1 Å². The third-order valence-corrected chi connectivity index (χ3v) is 3.75. The van der Waals surface area contributed by atoms with Gasteiger partial charge in [-0.05, 0) is 24.8 Å². The number of piperidine rings is 1. The van der Waals surface area contributed by atoms with Crippen LogP contribution >= 0.6 is 0 Å². The van der Waals surface area contributed by atoms with E-state index in [9.17, 15) is 0 Å². The maximum Gasteiger partial charge on any atom is 0.244 e. The molecule has 3 N–H and O–H groups in total. The number of hydrogen-bond donors (Lipinski definition) is 2. The van der Waals surface area contributed by atoms with E-state index in [1.807, 2.05) is 0 Å². The Morgan fingerprint density at radius 3 is 3.05 bits per heavy atom. The summed E-state index contributed by atoms with van der Waals surface area (Å²) in [5.74, 6) is 1.49. The summed E-state index contributed by atoms with van der Waals surface area (Å²) in [4.78, 5) is 6.68. The molecular weight excluding hydrogens is 258 g/mol. The number of nitrogens with one attached hydrogen (secondary N) is 1. The van der Waals surface area contributed by atoms with Crippen molar-refractivity contribution in [1.82, 2.24) is 15.2 Å². The zero-order valence-electron chi connectivity index (χ0n) is 12.4. The predicted octanol–water partition coefficient (Wildman–Crippen LogP) is 0.533. The molecule has 0 spiro atoms. The van der Waals surface area contributed by atoms with Crippen molar-refractivity contribution in [3.05, 3.63) is 5.82 Å². The van der Waals surface area contributed by atoms with E-state index in [1.54, 1.807) is 7.11 Å². The fourth-order valence-electron chi connectivity index (χ4n) is 2.46. The van der Waals surface area contributed by atoms with Crippen molar-refractivity contribution < 1.29 is 9.47 Å². The molecule has 1 fully saturated rings. The molecule has 0 aliphatic carbocycles. The summed E-state index contributed by atoms with van der Waals surface area (Å²) in [5.41, 5.74) is 6.03. The highest BCUT2D eigenvalue weighted by Crippen LogP contribution is 2.29. The molecule has 20 heavy (non-hydrogen) atoms. The van der Waals surface area contributed by atoms with Gasteiger partial charge >= 0.3 is 0 Å². The summed E-state index contributed by atoms with van der Waals surface area (Å²) < 4.78 is 10.3. The fraction of sp³-hybridized carbons (Fsp3) is 0.846. The molecule has 2 rings (SSSR count). The standard InChI is InChI=1S/C13H25N5O2/c1-13(9-14)4-3-5-18(10-13)12-15-11(16-17-12)8-20-7-6-19-2/h3-10,14H2,1-2H3,(H,15,16,17). The Balaban J connectivity index is 1.88. The molecule has 0 saturated carbocycles. The van der Waals surface area contributed by atoms with Gasteiger partial charge in [-0.2, -0.15) is 4.98 Å². The van der Waals surface area contributed by atoms with Crippen molar-refractivity contribution >= 4 is 5.95 Å². The van der Waals surface area contributed by atoms with Gasteiger partial charge in [0.1, 0.15) is 6.61 Å². The van der Waals surface area contributed by atoms with E-state index in [1.165, 1.54) is 0 Å². The first-order chi connectivity index (χ1) is 9.67. The number of ether oxygens (including phenoxy) is 2. The predicted molar refractivity (Wildman–Crippen MR) is 76.5 cm³/mol. The van der Waals surface area contributed by atoms with Crippen LogP contribution in [0.3, 0.4) is 0 Å². The van der Waals surface area contributed by atoms with E-state index < -0.39 is 0 Å². The minimum absolute atomic E-state index is 0.161. The zero-order valence-corrected chi connectivity index (χ0v) is 12.4. The monoisotopic (exact) mass is 283 g/mol. The largest absolute Gasteiger partial charge is 0.382 e. The number of aromatic amines is 1. The highest BCUT2D eigenvalue weighted by Gasteiger charge is 2.31. The third kappa shape index (κ3) is 3.91. The lowest BCUT2D eigenvalue weighted by atomic mass is 9.82. The maximum absolute atomic E-state index is 5.87. The molecule has 1 aliphatic rings. The Morgan fingerprint density at radius 1 is 1.45 bits per heavy atom. The quantitative estimate of drug-likeness (QED) is 0.710. The highest BCUT2D eigenvalue weighted by molar-refractivity contribution is 5.30. The lowest BCUT2D eigenvalue weighted by Gasteiger charge is -2.39. The lowest BCUT2D eigenvalue weighted by molar-refractivity contribution is 0.0587. The number of rotatable bonds is 7. The van der Waals surface area contributed by atoms with Crippen LogP contribution in [0, 0.1) is 5.41 Å². The Hall–Kier alpha value is -1.18. The number of aromatic nitrogens is 3. The van der Waals surface area contributed by atoms with E-state index >= 15 is 0 Å². The van der Waals surface area contributed by atoms with Gasteiger partial charge in [0.25, 0.3) is 0 Å². The van der Waals surface area contributed by atoms with Gasteiger partial charge in [0.15, 0.2) is 5.82 Å². The van der Waals surface area contributed by atoms with E-state index in [4.69, 9.17) is 15.2 Å². The molecule has 1 atom stereocenters. The minimum atomic E-state index is 0.161. The molecule has 1 aromatic heterocycles. The van der Waals surface area contributed by atoms with Crippen molar-refractivity contribution in [2.24, 2.45) is 11.1 Å². The Labute approximate surface area is 119 Å². The van der Waals surface area contributed by atoms with E-state index in [-0.39, 0.29) is 5.41 Å². The van der Waals surface area contributed by atoms with Crippen LogP contribution in [0.25, 0.3) is 0 Å². The highest BCUT2D eigenvalue weighted by atomic mass is 16.5. The first-order valence-corrected chi connectivity index (χ1v) is 7.10. The van der Waals surface area contributed by atoms with E-state index in [0.29, 0.717) is 26.4 Å². The lowest BCUT2D eigenvalue weighted by Crippen LogP contribution is -2.46. The first kappa shape index (κ1) is 15.2. The zero-order chi connectivity index (χ0) is 14.4. The van der Waals surface area contributed by atoms with Crippen LogP contribution in [-0.4, -0.2) is 55.1 Å². The summed E-state index contributed by atoms with van der Waals surface area (Å²) >= 11 is 0. The van der Waals surface area contributed by atoms with Crippen molar-refractivity contribution in [3.63, 3.8) is 0 Å². The molecule has 114 valence electrons. The Morgan fingerprint density at radius 2 is 2.30 bits per heavy atom. The van der Waals surface area contributed by atoms with Gasteiger partial charge in [-0.3, -0.25) is 5.10 Å². The van der Waals surface area contributed by atoms with Crippen molar-refractivity contribution in [2.75, 3.05) is 44.9 Å². The Bertz CT molecular complexity index is 411. The molecule has 0 radical (unpaired) electrons. The molecule has 1 aliphatic heterocycles. The Kier molecular flexibility index (Phi) is 5.33. The molecule has 1 aromatic rings. The van der Waals surface area contributed by atoms with E-state index in [2.05, 4.69) is 27.0 Å². The minimum Gasteiger partial charge on any atom is -0.382 e. The van der Waals surface area contributed by atoms with Gasteiger partial charge < -0.3 is 20.1 Å². The number of nitrogens with zero attached hydrogens (tertiary/aromatic N) is 3. The smallest absolute Gasteiger partial charge is 0.244 e. The third-order valence-electron chi connectivity index (χ3n) is 3.75. The average Bonchev–Trinajstić information content (AvgIpc) is 2.93. The second-order valence-electron chi connectivity index (χ2n) is 5.67. The molecule has 0 aromatic carbocycles. The van der Waals surface area contributed by atoms with Crippen molar-refractivity contribution in [3.8, 4) is 0 Å². The summed E-state index contributed by atoms with van der Waals surface area (Å²) in [6.07, 6.45) is 2.29. The van der Waals surface area contributed by atoms with Gasteiger partial charge in [-0.25, -0.2) is 0 Å². The van der Waals surface area contributed by atoms with Crippen LogP contribution < -0.4 is 10.6 Å². The molecule has 0 bridgehead atoms. The number of anilines is 1. The van der Waals surface area contributed by atoms with Crippen molar-refractivity contribution in [1.29, 1.82) is 0 Å². The van der Waals surface area contributed by atoms with Gasteiger partial charge in [0, 0.05) is 20.2 Å². The van der Waals surface area contributed by atoms with E-state index in [0.717, 1.165) is 37.7 Å². The first-order valence-electron chi connectivity index (χ1n) is 7.10. The number of H-pyrrole nitrogens is 1. The molecule has 7 heteroatoms. The van der Waals surface area contributed by atoms with Crippen LogP contribution in [0.2, 0.25) is 0 Å². The summed E-state index contributed by atoms with van der Waals surface area (Å²) in [7, 11) is 1.65. The maximum atomic E-state index is 5.87.